The number of amides is 2. The number of H-pyrrole nitrogens is 1. The van der Waals surface area contributed by atoms with Crippen molar-refractivity contribution < 1.29 is 14.0 Å². The molecular formula is C22H19FN4O2S. The number of fused-ring (bicyclic) bond motifs is 1. The number of carbonyl (C=O) groups excluding carboxylic acids is 2. The monoisotopic (exact) mass is 422 g/mol. The van der Waals surface area contributed by atoms with Gasteiger partial charge in [0, 0.05) is 4.88 Å². The van der Waals surface area contributed by atoms with Crippen LogP contribution in [0.5, 0.6) is 0 Å². The van der Waals surface area contributed by atoms with E-state index >= 15 is 0 Å². The first-order valence-corrected chi connectivity index (χ1v) is 10.2. The minimum absolute atomic E-state index is 0.0894. The van der Waals surface area contributed by atoms with Gasteiger partial charge in [0.15, 0.2) is 0 Å². The molecule has 2 aromatic heterocycles. The minimum Gasteiger partial charge on any atom is -0.323 e. The Kier molecular flexibility index (Phi) is 5.58. The Hall–Kier alpha value is -3.52. The highest BCUT2D eigenvalue weighted by molar-refractivity contribution is 7.18. The first kappa shape index (κ1) is 19.8. The molecule has 0 aliphatic heterocycles. The number of thiophene rings is 1. The number of nitrogens with one attached hydrogen (secondary N) is 3. The van der Waals surface area contributed by atoms with E-state index in [0.29, 0.717) is 10.6 Å². The smallest absolute Gasteiger partial charge is 0.229 e. The third kappa shape index (κ3) is 4.55. The van der Waals surface area contributed by atoms with E-state index in [4.69, 9.17) is 0 Å². The summed E-state index contributed by atoms with van der Waals surface area (Å²) in [6.45, 7) is 2.00. The third-order valence-electron chi connectivity index (χ3n) is 4.53. The van der Waals surface area contributed by atoms with E-state index in [2.05, 4.69) is 20.8 Å². The van der Waals surface area contributed by atoms with E-state index < -0.39 is 5.82 Å². The summed E-state index contributed by atoms with van der Waals surface area (Å²) in [4.78, 5) is 26.1. The summed E-state index contributed by atoms with van der Waals surface area (Å²) in [6.07, 6.45) is 0.342. The van der Waals surface area contributed by atoms with Gasteiger partial charge in [-0.05, 0) is 30.7 Å². The third-order valence-corrected chi connectivity index (χ3v) is 5.56. The van der Waals surface area contributed by atoms with Crippen LogP contribution >= 0.6 is 11.3 Å². The summed E-state index contributed by atoms with van der Waals surface area (Å²) < 4.78 is 13.7. The summed E-state index contributed by atoms with van der Waals surface area (Å²) in [6, 6.07) is 15.6. The molecule has 4 aromatic rings. The molecule has 0 aliphatic rings. The average molecular weight is 422 g/mol. The van der Waals surface area contributed by atoms with Gasteiger partial charge in [-0.25, -0.2) is 4.39 Å². The van der Waals surface area contributed by atoms with Crippen LogP contribution in [0.4, 0.5) is 15.9 Å². The van der Waals surface area contributed by atoms with Gasteiger partial charge in [-0.15, -0.1) is 11.3 Å². The van der Waals surface area contributed by atoms with Crippen LogP contribution < -0.4 is 10.6 Å². The first-order chi connectivity index (χ1) is 14.5. The Bertz CT molecular complexity index is 1210. The quantitative estimate of drug-likeness (QED) is 0.429. The SMILES string of the molecule is Cc1ccc(CC(=O)Nc2[nH]nc3sc(CC(=O)Nc4ccccc4F)cc23)cc1. The maximum atomic E-state index is 13.7. The topological polar surface area (TPSA) is 86.9 Å². The van der Waals surface area contributed by atoms with Crippen molar-refractivity contribution >= 4 is 44.9 Å². The van der Waals surface area contributed by atoms with E-state index in [-0.39, 0.29) is 30.3 Å². The number of aromatic amines is 1. The Morgan fingerprint density at radius 3 is 2.53 bits per heavy atom. The zero-order valence-corrected chi connectivity index (χ0v) is 17.0. The highest BCUT2D eigenvalue weighted by Gasteiger charge is 2.15. The summed E-state index contributed by atoms with van der Waals surface area (Å²) in [7, 11) is 0. The molecule has 0 bridgehead atoms. The molecule has 2 aromatic carbocycles. The minimum atomic E-state index is -0.481. The van der Waals surface area contributed by atoms with Crippen molar-refractivity contribution in [3.05, 3.63) is 76.4 Å². The number of aromatic nitrogens is 2. The summed E-state index contributed by atoms with van der Waals surface area (Å²) in [5, 5.41) is 13.2. The molecule has 0 radical (unpaired) electrons. The summed E-state index contributed by atoms with van der Waals surface area (Å²) in [5.41, 5.74) is 2.21. The van der Waals surface area contributed by atoms with Gasteiger partial charge >= 0.3 is 0 Å². The van der Waals surface area contributed by atoms with Crippen LogP contribution in [-0.4, -0.2) is 22.0 Å². The van der Waals surface area contributed by atoms with Crippen molar-refractivity contribution in [1.82, 2.24) is 10.2 Å². The molecule has 152 valence electrons. The molecule has 0 fully saturated rings. The molecule has 0 saturated heterocycles. The molecule has 0 aliphatic carbocycles. The zero-order valence-electron chi connectivity index (χ0n) is 16.2. The van der Waals surface area contributed by atoms with Crippen LogP contribution in [-0.2, 0) is 22.4 Å². The molecule has 3 N–H and O–H groups in total. The van der Waals surface area contributed by atoms with E-state index in [0.717, 1.165) is 21.4 Å². The maximum absolute atomic E-state index is 13.7. The van der Waals surface area contributed by atoms with Gasteiger partial charge in [0.25, 0.3) is 0 Å². The predicted octanol–water partition coefficient (Wildman–Crippen LogP) is 4.43. The van der Waals surface area contributed by atoms with Gasteiger partial charge in [-0.1, -0.05) is 42.0 Å². The number of benzene rings is 2. The number of anilines is 2. The molecule has 30 heavy (non-hydrogen) atoms. The Morgan fingerprint density at radius 2 is 1.77 bits per heavy atom. The Labute approximate surface area is 176 Å². The Morgan fingerprint density at radius 1 is 1.03 bits per heavy atom. The van der Waals surface area contributed by atoms with Crippen molar-refractivity contribution in [1.29, 1.82) is 0 Å². The van der Waals surface area contributed by atoms with Crippen molar-refractivity contribution in [3.8, 4) is 0 Å². The van der Waals surface area contributed by atoms with Crippen molar-refractivity contribution in [2.75, 3.05) is 10.6 Å². The number of nitrogens with zero attached hydrogens (tertiary/aromatic N) is 1. The molecule has 0 spiro atoms. The summed E-state index contributed by atoms with van der Waals surface area (Å²) >= 11 is 1.35. The predicted molar refractivity (Wildman–Crippen MR) is 116 cm³/mol. The number of rotatable bonds is 6. The lowest BCUT2D eigenvalue weighted by atomic mass is 10.1. The fraction of sp³-hybridized carbons (Fsp3) is 0.136. The normalized spacial score (nSPS) is 10.9. The molecule has 8 heteroatoms. The molecule has 6 nitrogen and oxygen atoms in total. The van der Waals surface area contributed by atoms with E-state index in [1.165, 1.54) is 23.5 Å². The van der Waals surface area contributed by atoms with E-state index in [1.807, 2.05) is 37.3 Å². The Balaban J connectivity index is 1.41. The van der Waals surface area contributed by atoms with Crippen molar-refractivity contribution in [2.45, 2.75) is 19.8 Å². The van der Waals surface area contributed by atoms with Crippen LogP contribution in [0.2, 0.25) is 0 Å². The number of carbonyl (C=O) groups is 2. The zero-order chi connectivity index (χ0) is 21.1. The van der Waals surface area contributed by atoms with Crippen LogP contribution in [0.3, 0.4) is 0 Å². The van der Waals surface area contributed by atoms with Crippen molar-refractivity contribution in [2.24, 2.45) is 0 Å². The molecule has 2 heterocycles. The lowest BCUT2D eigenvalue weighted by Gasteiger charge is -2.05. The number of hydrogen-bond donors (Lipinski definition) is 3. The maximum Gasteiger partial charge on any atom is 0.229 e. The molecule has 0 saturated carbocycles. The molecule has 0 atom stereocenters. The molecule has 2 amide bonds. The number of para-hydroxylation sites is 1. The van der Waals surface area contributed by atoms with Gasteiger partial charge in [0.05, 0.1) is 23.9 Å². The van der Waals surface area contributed by atoms with Gasteiger partial charge in [0.2, 0.25) is 11.8 Å². The largest absolute Gasteiger partial charge is 0.323 e. The van der Waals surface area contributed by atoms with Crippen LogP contribution in [0.25, 0.3) is 10.2 Å². The van der Waals surface area contributed by atoms with Gasteiger partial charge in [0.1, 0.15) is 16.5 Å². The number of hydrogen-bond acceptors (Lipinski definition) is 4. The van der Waals surface area contributed by atoms with Crippen LogP contribution in [0.1, 0.15) is 16.0 Å². The highest BCUT2D eigenvalue weighted by Crippen LogP contribution is 2.30. The van der Waals surface area contributed by atoms with Crippen LogP contribution in [0.15, 0.2) is 54.6 Å². The second kappa shape index (κ2) is 8.46. The first-order valence-electron chi connectivity index (χ1n) is 9.34. The molecule has 4 rings (SSSR count). The van der Waals surface area contributed by atoms with Gasteiger partial charge in [-0.2, -0.15) is 5.10 Å². The van der Waals surface area contributed by atoms with E-state index in [9.17, 15) is 14.0 Å². The average Bonchev–Trinajstić information content (AvgIpc) is 3.26. The fourth-order valence-electron chi connectivity index (χ4n) is 3.03. The number of halogens is 1. The van der Waals surface area contributed by atoms with E-state index in [1.54, 1.807) is 12.1 Å². The summed E-state index contributed by atoms with van der Waals surface area (Å²) in [5.74, 6) is -0.461. The van der Waals surface area contributed by atoms with Gasteiger partial charge in [-0.3, -0.25) is 14.7 Å². The van der Waals surface area contributed by atoms with Crippen LogP contribution in [0, 0.1) is 12.7 Å². The fourth-order valence-corrected chi connectivity index (χ4v) is 4.02. The second-order valence-electron chi connectivity index (χ2n) is 6.95. The van der Waals surface area contributed by atoms with Gasteiger partial charge < -0.3 is 10.6 Å². The van der Waals surface area contributed by atoms with Crippen molar-refractivity contribution in [3.63, 3.8) is 0 Å². The highest BCUT2D eigenvalue weighted by atomic mass is 32.1. The lowest BCUT2D eigenvalue weighted by molar-refractivity contribution is -0.116. The molecule has 0 unspecified atom stereocenters. The standard InChI is InChI=1S/C22H19FN4O2S/c1-13-6-8-14(9-7-13)10-19(28)25-21-16-11-15(30-22(16)27-26-21)12-20(29)24-18-5-3-2-4-17(18)23/h2-9,11H,10,12H2,1H3,(H,24,29)(H2,25,26,27,28). The molecular weight excluding hydrogens is 403 g/mol. The lowest BCUT2D eigenvalue weighted by Crippen LogP contribution is -2.15. The number of aryl methyl sites for hydroxylation is 1. The second-order valence-corrected chi connectivity index (χ2v) is 8.06.